The fraction of sp³-hybridized carbons (Fsp3) is 0.385. The van der Waals surface area contributed by atoms with Crippen molar-refractivity contribution in [2.45, 2.75) is 26.2 Å². The number of amides is 1. The first-order chi connectivity index (χ1) is 9.06. The number of thiazole rings is 1. The van der Waals surface area contributed by atoms with Crippen LogP contribution >= 0.6 is 11.3 Å². The molecule has 0 saturated carbocycles. The van der Waals surface area contributed by atoms with Crippen LogP contribution in [0, 0.1) is 6.92 Å². The standard InChI is InChI=1S/C13H18N4OS/c1-8-17-11-7-10(9(14)6-12(11)19-8)16-5-3-2-4-13(15)18/h6-7,16H,2-5,14H2,1H3,(H2,15,18). The molecule has 0 unspecified atom stereocenters. The number of rotatable bonds is 6. The maximum Gasteiger partial charge on any atom is 0.217 e. The lowest BCUT2D eigenvalue weighted by Gasteiger charge is -2.08. The van der Waals surface area contributed by atoms with Gasteiger partial charge < -0.3 is 16.8 Å². The Kier molecular flexibility index (Phi) is 4.21. The lowest BCUT2D eigenvalue weighted by Crippen LogP contribution is -2.11. The summed E-state index contributed by atoms with van der Waals surface area (Å²) in [6, 6.07) is 3.92. The van der Waals surface area contributed by atoms with Gasteiger partial charge in [0.1, 0.15) is 0 Å². The molecule has 6 heteroatoms. The molecule has 102 valence electrons. The van der Waals surface area contributed by atoms with Crippen LogP contribution in [0.3, 0.4) is 0 Å². The largest absolute Gasteiger partial charge is 0.397 e. The molecule has 1 heterocycles. The van der Waals surface area contributed by atoms with Crippen molar-refractivity contribution in [2.24, 2.45) is 5.73 Å². The monoisotopic (exact) mass is 278 g/mol. The van der Waals surface area contributed by atoms with E-state index in [0.717, 1.165) is 46.0 Å². The van der Waals surface area contributed by atoms with Crippen LogP contribution in [0.1, 0.15) is 24.3 Å². The first kappa shape index (κ1) is 13.6. The van der Waals surface area contributed by atoms with Gasteiger partial charge in [-0.1, -0.05) is 0 Å². The van der Waals surface area contributed by atoms with Crippen LogP contribution in [0.15, 0.2) is 12.1 Å². The molecule has 5 N–H and O–H groups in total. The summed E-state index contributed by atoms with van der Waals surface area (Å²) < 4.78 is 1.11. The molecular formula is C13H18N4OS. The highest BCUT2D eigenvalue weighted by atomic mass is 32.1. The molecule has 0 bridgehead atoms. The van der Waals surface area contributed by atoms with Crippen molar-refractivity contribution in [3.63, 3.8) is 0 Å². The maximum atomic E-state index is 10.6. The number of nitrogens with zero attached hydrogens (tertiary/aromatic N) is 1. The Labute approximate surface area is 116 Å². The van der Waals surface area contributed by atoms with Crippen molar-refractivity contribution in [3.05, 3.63) is 17.1 Å². The van der Waals surface area contributed by atoms with Crippen LogP contribution in [0.25, 0.3) is 10.2 Å². The van der Waals surface area contributed by atoms with E-state index in [2.05, 4.69) is 10.3 Å². The molecule has 0 fully saturated rings. The van der Waals surface area contributed by atoms with Gasteiger partial charge >= 0.3 is 0 Å². The number of benzene rings is 1. The number of nitrogens with two attached hydrogens (primary N) is 2. The van der Waals surface area contributed by atoms with E-state index in [1.165, 1.54) is 0 Å². The normalized spacial score (nSPS) is 10.8. The summed E-state index contributed by atoms with van der Waals surface area (Å²) in [5, 5.41) is 4.31. The van der Waals surface area contributed by atoms with E-state index in [-0.39, 0.29) is 5.91 Å². The van der Waals surface area contributed by atoms with E-state index in [0.29, 0.717) is 6.42 Å². The Bertz CT molecular complexity index is 594. The lowest BCUT2D eigenvalue weighted by atomic mass is 10.2. The molecule has 0 saturated heterocycles. The van der Waals surface area contributed by atoms with Gasteiger partial charge in [-0.3, -0.25) is 4.79 Å². The summed E-state index contributed by atoms with van der Waals surface area (Å²) in [7, 11) is 0. The molecule has 5 nitrogen and oxygen atoms in total. The van der Waals surface area contributed by atoms with Crippen LogP contribution in [0.2, 0.25) is 0 Å². The summed E-state index contributed by atoms with van der Waals surface area (Å²) in [6.07, 6.45) is 2.11. The number of unbranched alkanes of at least 4 members (excludes halogenated alkanes) is 1. The summed E-state index contributed by atoms with van der Waals surface area (Å²) in [5.41, 5.74) is 13.7. The number of carbonyl (C=O) groups excluding carboxylic acids is 1. The Morgan fingerprint density at radius 1 is 1.42 bits per heavy atom. The molecule has 1 aromatic carbocycles. The van der Waals surface area contributed by atoms with Gasteiger partial charge in [-0.05, 0) is 31.9 Å². The van der Waals surface area contributed by atoms with E-state index < -0.39 is 0 Å². The molecule has 0 atom stereocenters. The molecule has 19 heavy (non-hydrogen) atoms. The third-order valence-corrected chi connectivity index (χ3v) is 3.77. The number of hydrogen-bond donors (Lipinski definition) is 3. The Hall–Kier alpha value is -1.82. The SMILES string of the molecule is Cc1nc2cc(NCCCCC(N)=O)c(N)cc2s1. The third-order valence-electron chi connectivity index (χ3n) is 2.83. The van der Waals surface area contributed by atoms with Gasteiger partial charge in [-0.15, -0.1) is 11.3 Å². The van der Waals surface area contributed by atoms with Gasteiger partial charge in [-0.2, -0.15) is 0 Å². The zero-order valence-electron chi connectivity index (χ0n) is 10.9. The Balaban J connectivity index is 1.96. The van der Waals surface area contributed by atoms with Gasteiger partial charge in [0.15, 0.2) is 0 Å². The van der Waals surface area contributed by atoms with Crippen molar-refractivity contribution < 1.29 is 4.79 Å². The highest BCUT2D eigenvalue weighted by Crippen LogP contribution is 2.29. The van der Waals surface area contributed by atoms with Crippen molar-refractivity contribution in [3.8, 4) is 0 Å². The smallest absolute Gasteiger partial charge is 0.217 e. The van der Waals surface area contributed by atoms with E-state index in [4.69, 9.17) is 11.5 Å². The number of fused-ring (bicyclic) bond motifs is 1. The highest BCUT2D eigenvalue weighted by Gasteiger charge is 2.05. The molecule has 0 aliphatic heterocycles. The second-order valence-corrected chi connectivity index (χ2v) is 5.73. The molecule has 0 aliphatic rings. The van der Waals surface area contributed by atoms with Gasteiger partial charge in [0, 0.05) is 13.0 Å². The minimum Gasteiger partial charge on any atom is -0.397 e. The Morgan fingerprint density at radius 2 is 2.21 bits per heavy atom. The average Bonchev–Trinajstić information content (AvgIpc) is 2.67. The van der Waals surface area contributed by atoms with Crippen LogP contribution in [0.4, 0.5) is 11.4 Å². The number of aryl methyl sites for hydroxylation is 1. The molecule has 1 amide bonds. The number of carbonyl (C=O) groups is 1. The lowest BCUT2D eigenvalue weighted by molar-refractivity contribution is -0.118. The zero-order chi connectivity index (χ0) is 13.8. The number of nitrogens with one attached hydrogen (secondary N) is 1. The molecule has 0 radical (unpaired) electrons. The summed E-state index contributed by atoms with van der Waals surface area (Å²) in [5.74, 6) is -0.251. The fourth-order valence-electron chi connectivity index (χ4n) is 1.91. The van der Waals surface area contributed by atoms with E-state index >= 15 is 0 Å². The second-order valence-electron chi connectivity index (χ2n) is 4.49. The number of aromatic nitrogens is 1. The van der Waals surface area contributed by atoms with E-state index in [1.54, 1.807) is 11.3 Å². The number of primary amides is 1. The summed E-state index contributed by atoms with van der Waals surface area (Å²) >= 11 is 1.64. The van der Waals surface area contributed by atoms with Gasteiger partial charge in [-0.25, -0.2) is 4.98 Å². The molecular weight excluding hydrogens is 260 g/mol. The van der Waals surface area contributed by atoms with E-state index in [9.17, 15) is 4.79 Å². The Morgan fingerprint density at radius 3 is 2.95 bits per heavy atom. The highest BCUT2D eigenvalue weighted by molar-refractivity contribution is 7.18. The van der Waals surface area contributed by atoms with Gasteiger partial charge in [0.05, 0.1) is 26.6 Å². The molecule has 1 aromatic heterocycles. The van der Waals surface area contributed by atoms with Crippen LogP contribution < -0.4 is 16.8 Å². The third kappa shape index (κ3) is 3.57. The average molecular weight is 278 g/mol. The minimum absolute atomic E-state index is 0.251. The maximum absolute atomic E-state index is 10.6. The van der Waals surface area contributed by atoms with Crippen molar-refractivity contribution in [2.75, 3.05) is 17.6 Å². The van der Waals surface area contributed by atoms with Crippen LogP contribution in [-0.2, 0) is 4.79 Å². The number of nitrogen functional groups attached to an aromatic ring is 1. The molecule has 2 aromatic rings. The predicted octanol–water partition coefficient (Wildman–Crippen LogP) is 2.25. The minimum atomic E-state index is -0.251. The molecule has 0 spiro atoms. The second kappa shape index (κ2) is 5.88. The first-order valence-corrected chi connectivity index (χ1v) is 7.07. The van der Waals surface area contributed by atoms with Crippen molar-refractivity contribution >= 4 is 38.8 Å². The first-order valence-electron chi connectivity index (χ1n) is 6.25. The van der Waals surface area contributed by atoms with Crippen LogP contribution in [-0.4, -0.2) is 17.4 Å². The van der Waals surface area contributed by atoms with Gasteiger partial charge in [0.25, 0.3) is 0 Å². The van der Waals surface area contributed by atoms with E-state index in [1.807, 2.05) is 19.1 Å². The summed E-state index contributed by atoms with van der Waals surface area (Å²) in [6.45, 7) is 2.75. The van der Waals surface area contributed by atoms with Crippen LogP contribution in [0.5, 0.6) is 0 Å². The predicted molar refractivity (Wildman–Crippen MR) is 80.3 cm³/mol. The summed E-state index contributed by atoms with van der Waals surface area (Å²) in [4.78, 5) is 15.1. The van der Waals surface area contributed by atoms with Gasteiger partial charge in [0.2, 0.25) is 5.91 Å². The molecule has 2 rings (SSSR count). The zero-order valence-corrected chi connectivity index (χ0v) is 11.7. The number of anilines is 2. The number of hydrogen-bond acceptors (Lipinski definition) is 5. The topological polar surface area (TPSA) is 94.0 Å². The molecule has 0 aliphatic carbocycles. The van der Waals surface area contributed by atoms with Crippen molar-refractivity contribution in [1.82, 2.24) is 4.98 Å². The van der Waals surface area contributed by atoms with Crippen molar-refractivity contribution in [1.29, 1.82) is 0 Å². The fourth-order valence-corrected chi connectivity index (χ4v) is 2.76. The quantitative estimate of drug-likeness (QED) is 0.558.